The molecule has 0 radical (unpaired) electrons. The number of carbonyl (C=O) groups is 1. The fourth-order valence-electron chi connectivity index (χ4n) is 8.05. The van der Waals surface area contributed by atoms with Gasteiger partial charge in [-0.3, -0.25) is 4.79 Å². The lowest BCUT2D eigenvalue weighted by atomic mass is 9.64. The molecule has 2 N–H and O–H groups in total. The number of nitrogens with zero attached hydrogens (tertiary/aromatic N) is 1. The molecule has 5 nitrogen and oxygen atoms in total. The number of hydrogen-bond acceptors (Lipinski definition) is 3. The van der Waals surface area contributed by atoms with Gasteiger partial charge in [0.15, 0.2) is 6.17 Å². The Kier molecular flexibility index (Phi) is 6.95. The molecule has 37 heavy (non-hydrogen) atoms. The van der Waals surface area contributed by atoms with E-state index in [-0.39, 0.29) is 17.2 Å². The molecule has 1 saturated carbocycles. The molecule has 4 aliphatic rings. The number of carbonyl (C=O) groups excluding carboxylic acids is 1. The van der Waals surface area contributed by atoms with Gasteiger partial charge in [-0.25, -0.2) is 4.39 Å². The maximum Gasteiger partial charge on any atom is 0.366 e. The van der Waals surface area contributed by atoms with Crippen LogP contribution in [0, 0.1) is 11.8 Å². The van der Waals surface area contributed by atoms with E-state index < -0.39 is 6.17 Å². The molecular weight excluding hydrogens is 465 g/mol. The van der Waals surface area contributed by atoms with Crippen molar-refractivity contribution in [2.45, 2.75) is 81.3 Å². The Bertz CT molecular complexity index is 1100. The number of piperidine rings is 1. The molecule has 1 amide bonds. The Morgan fingerprint density at radius 1 is 1.08 bits per heavy atom. The first kappa shape index (κ1) is 24.8. The number of likely N-dealkylation sites (tertiary alicyclic amines) is 1. The largest absolute Gasteiger partial charge is 0.448 e. The third-order valence-corrected chi connectivity index (χ3v) is 10.0. The Morgan fingerprint density at radius 2 is 1.89 bits per heavy atom. The van der Waals surface area contributed by atoms with E-state index in [2.05, 4.69) is 45.5 Å². The summed E-state index contributed by atoms with van der Waals surface area (Å²) in [6.45, 7) is 2.20. The van der Waals surface area contributed by atoms with Crippen LogP contribution in [0.1, 0.15) is 86.7 Å². The Hall–Kier alpha value is -2.47. The molecular formula is C31H41FN3O2+. The molecule has 3 fully saturated rings. The van der Waals surface area contributed by atoms with E-state index >= 15 is 4.39 Å². The van der Waals surface area contributed by atoms with Crippen molar-refractivity contribution in [3.8, 4) is 5.88 Å². The average Bonchev–Trinajstić information content (AvgIpc) is 3.39. The first-order valence-corrected chi connectivity index (χ1v) is 14.4. The summed E-state index contributed by atoms with van der Waals surface area (Å²) in [5.41, 5.74) is 2.60. The van der Waals surface area contributed by atoms with Crippen LogP contribution in [0.4, 0.5) is 4.39 Å². The summed E-state index contributed by atoms with van der Waals surface area (Å²) in [5, 5.41) is 3.55. The Morgan fingerprint density at radius 3 is 2.68 bits per heavy atom. The molecule has 198 valence electrons. The van der Waals surface area contributed by atoms with E-state index in [0.29, 0.717) is 48.8 Å². The highest BCUT2D eigenvalue weighted by atomic mass is 19.1. The van der Waals surface area contributed by atoms with Crippen LogP contribution in [0.25, 0.3) is 0 Å². The molecule has 1 aromatic carbocycles. The number of amides is 1. The highest BCUT2D eigenvalue weighted by Gasteiger charge is 2.55. The maximum absolute atomic E-state index is 15.1. The molecule has 2 aliphatic heterocycles. The minimum atomic E-state index is -1.05. The van der Waals surface area contributed by atoms with Crippen molar-refractivity contribution in [3.05, 3.63) is 59.3 Å². The average molecular weight is 507 g/mol. The minimum Gasteiger partial charge on any atom is -0.448 e. The Labute approximate surface area is 220 Å². The van der Waals surface area contributed by atoms with Crippen LogP contribution < -0.4 is 15.0 Å². The molecule has 1 aromatic heterocycles. The molecule has 3 heterocycles. The zero-order valence-corrected chi connectivity index (χ0v) is 22.1. The Balaban J connectivity index is 1.31. The molecule has 2 unspecified atom stereocenters. The van der Waals surface area contributed by atoms with Crippen molar-refractivity contribution in [2.75, 3.05) is 26.7 Å². The van der Waals surface area contributed by atoms with E-state index in [4.69, 9.17) is 4.74 Å². The van der Waals surface area contributed by atoms with Gasteiger partial charge in [-0.15, -0.1) is 0 Å². The summed E-state index contributed by atoms with van der Waals surface area (Å²) in [4.78, 5) is 20.0. The SMILES string of the molecule is COc1ccc2c([nH+]1)C(F)CC[C@]21CNCC1C(=O)N1CC[C@@H](c2ccccc2)C[C@H]1C1CCCCC1. The number of pyridine rings is 1. The molecule has 2 aliphatic carbocycles. The molecule has 1 spiro atoms. The lowest BCUT2D eigenvalue weighted by Crippen LogP contribution is -2.55. The van der Waals surface area contributed by atoms with Crippen LogP contribution in [-0.2, 0) is 10.2 Å². The number of aromatic amines is 1. The summed E-state index contributed by atoms with van der Waals surface area (Å²) >= 11 is 0. The predicted octanol–water partition coefficient (Wildman–Crippen LogP) is 5.13. The molecule has 6 heteroatoms. The van der Waals surface area contributed by atoms with Gasteiger partial charge in [0.2, 0.25) is 11.6 Å². The van der Waals surface area contributed by atoms with Gasteiger partial charge in [0, 0.05) is 36.7 Å². The zero-order valence-electron chi connectivity index (χ0n) is 22.1. The third-order valence-electron chi connectivity index (χ3n) is 10.0. The van der Waals surface area contributed by atoms with E-state index in [9.17, 15) is 4.79 Å². The fourth-order valence-corrected chi connectivity index (χ4v) is 8.05. The van der Waals surface area contributed by atoms with Gasteiger partial charge in [-0.05, 0) is 62.0 Å². The van der Waals surface area contributed by atoms with E-state index in [0.717, 1.165) is 31.5 Å². The van der Waals surface area contributed by atoms with Gasteiger partial charge in [-0.2, -0.15) is 4.98 Å². The third kappa shape index (κ3) is 4.45. The topological polar surface area (TPSA) is 55.7 Å². The second-order valence-electron chi connectivity index (χ2n) is 11.8. The van der Waals surface area contributed by atoms with Gasteiger partial charge >= 0.3 is 5.88 Å². The van der Waals surface area contributed by atoms with Gasteiger partial charge in [0.25, 0.3) is 0 Å². The van der Waals surface area contributed by atoms with Crippen LogP contribution in [0.3, 0.4) is 0 Å². The normalized spacial score (nSPS) is 32.3. The standard InChI is InChI=1S/C31H40FN3O2/c1-37-28-13-12-24-29(34-28)26(32)14-16-31(24)20-33-19-25(31)30(36)35-17-15-23(21-8-4-2-5-9-21)18-27(35)22-10-6-3-7-11-22/h2,4-5,8-9,12-13,22-23,25-27,33H,3,6-7,10-11,14-20H2,1H3/p+1/t23-,25?,26?,27+,31+/m1/s1. The van der Waals surface area contributed by atoms with Crippen molar-refractivity contribution in [1.29, 1.82) is 0 Å². The quantitative estimate of drug-likeness (QED) is 0.626. The van der Waals surface area contributed by atoms with Gasteiger partial charge < -0.3 is 15.0 Å². The van der Waals surface area contributed by atoms with Crippen molar-refractivity contribution < 1.29 is 18.9 Å². The van der Waals surface area contributed by atoms with E-state index in [1.54, 1.807) is 7.11 Å². The highest BCUT2D eigenvalue weighted by Crippen LogP contribution is 2.50. The summed E-state index contributed by atoms with van der Waals surface area (Å²) in [6, 6.07) is 15.1. The number of fused-ring (bicyclic) bond motifs is 2. The highest BCUT2D eigenvalue weighted by molar-refractivity contribution is 5.82. The lowest BCUT2D eigenvalue weighted by Gasteiger charge is -2.47. The zero-order chi connectivity index (χ0) is 25.4. The smallest absolute Gasteiger partial charge is 0.366 e. The number of aromatic nitrogens is 1. The second-order valence-corrected chi connectivity index (χ2v) is 11.8. The number of nitrogens with one attached hydrogen (secondary N) is 2. The second kappa shape index (κ2) is 10.4. The predicted molar refractivity (Wildman–Crippen MR) is 141 cm³/mol. The summed E-state index contributed by atoms with van der Waals surface area (Å²) in [7, 11) is 1.60. The number of rotatable bonds is 4. The van der Waals surface area contributed by atoms with Gasteiger partial charge in [0.05, 0.1) is 19.1 Å². The summed E-state index contributed by atoms with van der Waals surface area (Å²) in [6.07, 6.45) is 8.47. The number of methoxy groups -OCH3 is 1. The number of hydrogen-bond donors (Lipinski definition) is 1. The first-order valence-electron chi connectivity index (χ1n) is 14.4. The van der Waals surface area contributed by atoms with E-state index in [1.807, 2.05) is 12.1 Å². The minimum absolute atomic E-state index is 0.167. The monoisotopic (exact) mass is 506 g/mol. The molecule has 2 aromatic rings. The van der Waals surface area contributed by atoms with Crippen LogP contribution >= 0.6 is 0 Å². The summed E-state index contributed by atoms with van der Waals surface area (Å²) < 4.78 is 20.5. The molecule has 5 atom stereocenters. The van der Waals surface area contributed by atoms with Gasteiger partial charge in [0.1, 0.15) is 0 Å². The first-order chi connectivity index (χ1) is 18.1. The fraction of sp³-hybridized carbons (Fsp3) is 0.613. The van der Waals surface area contributed by atoms with Crippen molar-refractivity contribution >= 4 is 5.91 Å². The van der Waals surface area contributed by atoms with Crippen LogP contribution in [0.15, 0.2) is 42.5 Å². The van der Waals surface area contributed by atoms with Crippen molar-refractivity contribution in [1.82, 2.24) is 10.2 Å². The van der Waals surface area contributed by atoms with Crippen LogP contribution in [-0.4, -0.2) is 43.6 Å². The van der Waals surface area contributed by atoms with Gasteiger partial charge in [-0.1, -0.05) is 49.6 Å². The summed E-state index contributed by atoms with van der Waals surface area (Å²) in [5.74, 6) is 1.78. The van der Waals surface area contributed by atoms with Crippen molar-refractivity contribution in [3.63, 3.8) is 0 Å². The van der Waals surface area contributed by atoms with Crippen molar-refractivity contribution in [2.24, 2.45) is 11.8 Å². The lowest BCUT2D eigenvalue weighted by molar-refractivity contribution is -0.413. The number of halogens is 1. The number of ether oxygens (including phenoxy) is 1. The molecule has 0 bridgehead atoms. The van der Waals surface area contributed by atoms with Crippen LogP contribution in [0.5, 0.6) is 5.88 Å². The maximum atomic E-state index is 15.1. The molecule has 2 saturated heterocycles. The van der Waals surface area contributed by atoms with E-state index in [1.165, 1.54) is 37.7 Å². The van der Waals surface area contributed by atoms with Crippen LogP contribution in [0.2, 0.25) is 0 Å². The number of H-pyrrole nitrogens is 1. The molecule has 6 rings (SSSR count). The number of alkyl halides is 1. The number of benzene rings is 1.